The Kier molecular flexibility index (Phi) is 4.15. The first-order chi connectivity index (χ1) is 10.3. The summed E-state index contributed by atoms with van der Waals surface area (Å²) in [5.41, 5.74) is 2.44. The summed E-state index contributed by atoms with van der Waals surface area (Å²) in [6.45, 7) is 0. The van der Waals surface area contributed by atoms with Gasteiger partial charge >= 0.3 is 9.28 Å². The molecule has 0 atom stereocenters. The van der Waals surface area contributed by atoms with Crippen LogP contribution in [-0.2, 0) is 8.85 Å². The van der Waals surface area contributed by atoms with Gasteiger partial charge in [-0.1, -0.05) is 66.7 Å². The van der Waals surface area contributed by atoms with Crippen molar-refractivity contribution in [3.05, 3.63) is 66.7 Å². The number of hydrogen-bond acceptors (Lipinski definition) is 2. The van der Waals surface area contributed by atoms with Crippen LogP contribution in [0.2, 0.25) is 0 Å². The molecule has 0 saturated carbocycles. The maximum absolute atomic E-state index is 5.58. The molecule has 0 bridgehead atoms. The average Bonchev–Trinajstić information content (AvgIpc) is 2.56. The fourth-order valence-corrected chi connectivity index (χ4v) is 4.23. The van der Waals surface area contributed by atoms with E-state index in [-0.39, 0.29) is 0 Å². The Labute approximate surface area is 126 Å². The predicted molar refractivity (Wildman–Crippen MR) is 90.2 cm³/mol. The van der Waals surface area contributed by atoms with Crippen LogP contribution in [0.5, 0.6) is 0 Å². The second-order valence-electron chi connectivity index (χ2n) is 4.92. The van der Waals surface area contributed by atoms with E-state index in [0.29, 0.717) is 0 Å². The van der Waals surface area contributed by atoms with E-state index in [1.807, 2.05) is 6.07 Å². The number of benzene rings is 3. The minimum atomic E-state index is -1.84. The molecule has 3 aromatic rings. The zero-order chi connectivity index (χ0) is 14.7. The van der Waals surface area contributed by atoms with E-state index < -0.39 is 9.28 Å². The molecule has 0 fully saturated rings. The van der Waals surface area contributed by atoms with Crippen LogP contribution in [0.25, 0.3) is 21.9 Å². The summed E-state index contributed by atoms with van der Waals surface area (Å²) in [6.07, 6.45) is 0. The molecule has 0 aromatic heterocycles. The molecular weight excluding hydrogens is 276 g/mol. The maximum atomic E-state index is 5.58. The fraction of sp³-hybridized carbons (Fsp3) is 0.111. The van der Waals surface area contributed by atoms with Crippen LogP contribution >= 0.6 is 0 Å². The van der Waals surface area contributed by atoms with Crippen molar-refractivity contribution in [3.8, 4) is 11.1 Å². The summed E-state index contributed by atoms with van der Waals surface area (Å²) in [6, 6.07) is 23.2. The smallest absolute Gasteiger partial charge is 0.355 e. The van der Waals surface area contributed by atoms with Gasteiger partial charge in [0.15, 0.2) is 0 Å². The number of rotatable bonds is 4. The second kappa shape index (κ2) is 6.22. The number of fused-ring (bicyclic) bond motifs is 1. The van der Waals surface area contributed by atoms with Gasteiger partial charge in [0, 0.05) is 14.2 Å². The standard InChI is InChI=1S/C18H18O2Si/c1-19-21(20-2)18-13-6-5-11-17(18)16-12-7-9-14-8-3-4-10-15(14)16/h3-13,21H,1-2H3. The molecule has 0 heterocycles. The molecule has 0 aliphatic carbocycles. The first kappa shape index (κ1) is 14.0. The Bertz CT molecular complexity index is 746. The van der Waals surface area contributed by atoms with Crippen LogP contribution < -0.4 is 5.19 Å². The van der Waals surface area contributed by atoms with Gasteiger partial charge in [-0.05, 0) is 27.1 Å². The van der Waals surface area contributed by atoms with Crippen molar-refractivity contribution in [1.82, 2.24) is 0 Å². The first-order valence-corrected chi connectivity index (χ1v) is 8.50. The highest BCUT2D eigenvalue weighted by atomic mass is 28.3. The summed E-state index contributed by atoms with van der Waals surface area (Å²) >= 11 is 0. The lowest BCUT2D eigenvalue weighted by molar-refractivity contribution is 0.292. The van der Waals surface area contributed by atoms with Crippen LogP contribution in [-0.4, -0.2) is 23.5 Å². The van der Waals surface area contributed by atoms with Crippen molar-refractivity contribution in [2.45, 2.75) is 0 Å². The van der Waals surface area contributed by atoms with Crippen LogP contribution in [0.4, 0.5) is 0 Å². The van der Waals surface area contributed by atoms with Crippen molar-refractivity contribution in [2.75, 3.05) is 14.2 Å². The molecular formula is C18H18O2Si. The van der Waals surface area contributed by atoms with Crippen molar-refractivity contribution >= 4 is 25.2 Å². The molecule has 0 unspecified atom stereocenters. The summed E-state index contributed by atoms with van der Waals surface area (Å²) in [5, 5.41) is 3.68. The molecule has 0 saturated heterocycles. The van der Waals surface area contributed by atoms with Crippen molar-refractivity contribution < 1.29 is 8.85 Å². The van der Waals surface area contributed by atoms with Gasteiger partial charge in [0.2, 0.25) is 0 Å². The molecule has 3 rings (SSSR count). The van der Waals surface area contributed by atoms with Crippen LogP contribution in [0, 0.1) is 0 Å². The van der Waals surface area contributed by atoms with Gasteiger partial charge in [-0.15, -0.1) is 0 Å². The normalized spacial score (nSPS) is 11.2. The van der Waals surface area contributed by atoms with Crippen molar-refractivity contribution in [3.63, 3.8) is 0 Å². The largest absolute Gasteiger partial charge is 0.397 e. The van der Waals surface area contributed by atoms with Gasteiger partial charge in [0.05, 0.1) is 0 Å². The maximum Gasteiger partial charge on any atom is 0.355 e. The fourth-order valence-electron chi connectivity index (χ4n) is 2.76. The molecule has 0 aliphatic heterocycles. The average molecular weight is 294 g/mol. The summed E-state index contributed by atoms with van der Waals surface area (Å²) < 4.78 is 11.2. The van der Waals surface area contributed by atoms with Crippen LogP contribution in [0.3, 0.4) is 0 Å². The molecule has 106 valence electrons. The minimum absolute atomic E-state index is 1.18. The molecule has 3 heteroatoms. The molecule has 2 nitrogen and oxygen atoms in total. The summed E-state index contributed by atoms with van der Waals surface area (Å²) in [4.78, 5) is 0. The third-order valence-corrected chi connectivity index (χ3v) is 5.59. The third kappa shape index (κ3) is 2.63. The monoisotopic (exact) mass is 294 g/mol. The Hall–Kier alpha value is -1.94. The van der Waals surface area contributed by atoms with E-state index >= 15 is 0 Å². The van der Waals surface area contributed by atoms with Gasteiger partial charge in [0.25, 0.3) is 0 Å². The Morgan fingerprint density at radius 2 is 1.29 bits per heavy atom. The topological polar surface area (TPSA) is 18.5 Å². The zero-order valence-corrected chi connectivity index (χ0v) is 13.4. The van der Waals surface area contributed by atoms with Crippen LogP contribution in [0.1, 0.15) is 0 Å². The Balaban J connectivity index is 2.24. The van der Waals surface area contributed by atoms with Crippen LogP contribution in [0.15, 0.2) is 66.7 Å². The van der Waals surface area contributed by atoms with Gasteiger partial charge < -0.3 is 8.85 Å². The predicted octanol–water partition coefficient (Wildman–Crippen LogP) is 3.23. The second-order valence-corrected chi connectivity index (χ2v) is 7.15. The molecule has 21 heavy (non-hydrogen) atoms. The van der Waals surface area contributed by atoms with Gasteiger partial charge in [0.1, 0.15) is 0 Å². The van der Waals surface area contributed by atoms with E-state index in [1.165, 1.54) is 27.1 Å². The lowest BCUT2D eigenvalue weighted by Crippen LogP contribution is -2.36. The lowest BCUT2D eigenvalue weighted by Gasteiger charge is -2.17. The number of hydrogen-bond donors (Lipinski definition) is 0. The van der Waals surface area contributed by atoms with Crippen molar-refractivity contribution in [1.29, 1.82) is 0 Å². The molecule has 0 spiro atoms. The third-order valence-electron chi connectivity index (χ3n) is 3.72. The first-order valence-electron chi connectivity index (χ1n) is 6.98. The van der Waals surface area contributed by atoms with Gasteiger partial charge in [-0.25, -0.2) is 0 Å². The van der Waals surface area contributed by atoms with Gasteiger partial charge in [-0.3, -0.25) is 0 Å². The molecule has 0 N–H and O–H groups in total. The minimum Gasteiger partial charge on any atom is -0.397 e. The summed E-state index contributed by atoms with van der Waals surface area (Å²) in [5.74, 6) is 0. The van der Waals surface area contributed by atoms with E-state index in [9.17, 15) is 0 Å². The van der Waals surface area contributed by atoms with E-state index in [0.717, 1.165) is 0 Å². The zero-order valence-electron chi connectivity index (χ0n) is 12.2. The lowest BCUT2D eigenvalue weighted by atomic mass is 9.98. The quantitative estimate of drug-likeness (QED) is 0.688. The highest BCUT2D eigenvalue weighted by Gasteiger charge is 2.18. The Morgan fingerprint density at radius 3 is 2.10 bits per heavy atom. The highest BCUT2D eigenvalue weighted by molar-refractivity contribution is 6.63. The SMILES string of the molecule is CO[SiH](OC)c1ccccc1-c1cccc2ccccc12. The van der Waals surface area contributed by atoms with Gasteiger partial charge in [-0.2, -0.15) is 0 Å². The highest BCUT2D eigenvalue weighted by Crippen LogP contribution is 2.27. The van der Waals surface area contributed by atoms with E-state index in [1.54, 1.807) is 14.2 Å². The molecule has 3 aromatic carbocycles. The molecule has 0 radical (unpaired) electrons. The molecule has 0 amide bonds. The van der Waals surface area contributed by atoms with Crippen molar-refractivity contribution in [2.24, 2.45) is 0 Å². The Morgan fingerprint density at radius 1 is 0.667 bits per heavy atom. The van der Waals surface area contributed by atoms with E-state index in [4.69, 9.17) is 8.85 Å². The summed E-state index contributed by atoms with van der Waals surface area (Å²) in [7, 11) is 1.61. The molecule has 0 aliphatic rings. The van der Waals surface area contributed by atoms with E-state index in [2.05, 4.69) is 60.7 Å².